The van der Waals surface area contributed by atoms with Gasteiger partial charge in [0.15, 0.2) is 0 Å². The highest BCUT2D eigenvalue weighted by atomic mass is 14.9. The second-order valence-corrected chi connectivity index (χ2v) is 3.38. The van der Waals surface area contributed by atoms with Gasteiger partial charge in [0.05, 0.1) is 0 Å². The van der Waals surface area contributed by atoms with Crippen molar-refractivity contribution in [1.29, 1.82) is 0 Å². The zero-order chi connectivity index (χ0) is 7.56. The van der Waals surface area contributed by atoms with Gasteiger partial charge in [0, 0.05) is 12.1 Å². The van der Waals surface area contributed by atoms with Crippen molar-refractivity contribution >= 4 is 0 Å². The normalized spacial score (nSPS) is 41.7. The highest BCUT2D eigenvalue weighted by Crippen LogP contribution is 2.22. The van der Waals surface area contributed by atoms with Gasteiger partial charge in [-0.25, -0.2) is 0 Å². The predicted octanol–water partition coefficient (Wildman–Crippen LogP) is 0.722. The molecule has 0 aromatic heterocycles. The van der Waals surface area contributed by atoms with Crippen LogP contribution in [-0.2, 0) is 0 Å². The highest BCUT2D eigenvalue weighted by Gasteiger charge is 2.25. The van der Waals surface area contributed by atoms with Gasteiger partial charge in [-0.1, -0.05) is 13.3 Å². The fraction of sp³-hybridized carbons (Fsp3) is 1.00. The summed E-state index contributed by atoms with van der Waals surface area (Å²) in [5.74, 6) is 0.700. The molecule has 1 aliphatic carbocycles. The Kier molecular flexibility index (Phi) is 2.69. The lowest BCUT2D eigenvalue weighted by molar-refractivity contribution is 0.266. The SMILES string of the molecule is CNC1CCCC(C)C1N. The maximum absolute atomic E-state index is 5.97. The van der Waals surface area contributed by atoms with E-state index in [1.165, 1.54) is 19.3 Å². The predicted molar refractivity (Wildman–Crippen MR) is 43.8 cm³/mol. The van der Waals surface area contributed by atoms with Crippen LogP contribution in [0.25, 0.3) is 0 Å². The molecular weight excluding hydrogens is 124 g/mol. The lowest BCUT2D eigenvalue weighted by Gasteiger charge is -2.33. The third-order valence-corrected chi connectivity index (χ3v) is 2.67. The summed E-state index contributed by atoms with van der Waals surface area (Å²) in [4.78, 5) is 0. The van der Waals surface area contributed by atoms with Gasteiger partial charge in [0.1, 0.15) is 0 Å². The van der Waals surface area contributed by atoms with Crippen LogP contribution in [0.2, 0.25) is 0 Å². The lowest BCUT2D eigenvalue weighted by atomic mass is 9.83. The quantitative estimate of drug-likeness (QED) is 0.566. The van der Waals surface area contributed by atoms with E-state index in [0.29, 0.717) is 18.0 Å². The van der Waals surface area contributed by atoms with E-state index in [4.69, 9.17) is 5.73 Å². The van der Waals surface area contributed by atoms with Gasteiger partial charge in [-0.2, -0.15) is 0 Å². The van der Waals surface area contributed by atoms with Crippen LogP contribution in [-0.4, -0.2) is 19.1 Å². The van der Waals surface area contributed by atoms with Gasteiger partial charge in [0.25, 0.3) is 0 Å². The zero-order valence-corrected chi connectivity index (χ0v) is 6.93. The van der Waals surface area contributed by atoms with E-state index in [0.717, 1.165) is 0 Å². The molecule has 0 aromatic rings. The Labute approximate surface area is 63.2 Å². The summed E-state index contributed by atoms with van der Waals surface area (Å²) < 4.78 is 0. The topological polar surface area (TPSA) is 38.0 Å². The number of hydrogen-bond donors (Lipinski definition) is 2. The maximum atomic E-state index is 5.97. The van der Waals surface area contributed by atoms with Crippen molar-refractivity contribution in [3.63, 3.8) is 0 Å². The summed E-state index contributed by atoms with van der Waals surface area (Å²) in [7, 11) is 2.00. The molecule has 3 unspecified atom stereocenters. The van der Waals surface area contributed by atoms with Gasteiger partial charge in [-0.15, -0.1) is 0 Å². The molecule has 0 aliphatic heterocycles. The van der Waals surface area contributed by atoms with Crippen LogP contribution >= 0.6 is 0 Å². The van der Waals surface area contributed by atoms with E-state index < -0.39 is 0 Å². The van der Waals surface area contributed by atoms with E-state index in [1.54, 1.807) is 0 Å². The molecule has 1 saturated carbocycles. The van der Waals surface area contributed by atoms with E-state index in [2.05, 4.69) is 12.2 Å². The van der Waals surface area contributed by atoms with Crippen molar-refractivity contribution in [3.8, 4) is 0 Å². The first-order valence-corrected chi connectivity index (χ1v) is 4.18. The Morgan fingerprint density at radius 3 is 2.60 bits per heavy atom. The summed E-state index contributed by atoms with van der Waals surface area (Å²) in [5.41, 5.74) is 5.97. The monoisotopic (exact) mass is 142 g/mol. The van der Waals surface area contributed by atoms with Crippen LogP contribution in [0.5, 0.6) is 0 Å². The molecule has 2 heteroatoms. The van der Waals surface area contributed by atoms with Crippen LogP contribution in [0, 0.1) is 5.92 Å². The number of hydrogen-bond acceptors (Lipinski definition) is 2. The molecule has 3 atom stereocenters. The van der Waals surface area contributed by atoms with E-state index in [-0.39, 0.29) is 0 Å². The molecule has 0 radical (unpaired) electrons. The molecule has 2 nitrogen and oxygen atoms in total. The fourth-order valence-corrected chi connectivity index (χ4v) is 1.78. The minimum absolute atomic E-state index is 0.374. The van der Waals surface area contributed by atoms with Crippen molar-refractivity contribution in [2.24, 2.45) is 11.7 Å². The average Bonchev–Trinajstić information content (AvgIpc) is 1.95. The van der Waals surface area contributed by atoms with Crippen molar-refractivity contribution in [2.75, 3.05) is 7.05 Å². The van der Waals surface area contributed by atoms with Crippen molar-refractivity contribution in [1.82, 2.24) is 5.32 Å². The number of likely N-dealkylation sites (N-methyl/N-ethyl adjacent to an activating group) is 1. The first-order chi connectivity index (χ1) is 4.75. The van der Waals surface area contributed by atoms with Crippen LogP contribution < -0.4 is 11.1 Å². The molecule has 0 saturated heterocycles. The second kappa shape index (κ2) is 3.35. The van der Waals surface area contributed by atoms with Gasteiger partial charge < -0.3 is 11.1 Å². The molecule has 1 rings (SSSR count). The molecule has 0 amide bonds. The Hall–Kier alpha value is -0.0800. The van der Waals surface area contributed by atoms with Crippen LogP contribution in [0.3, 0.4) is 0 Å². The smallest absolute Gasteiger partial charge is 0.0220 e. The van der Waals surface area contributed by atoms with E-state index in [1.807, 2.05) is 7.05 Å². The minimum Gasteiger partial charge on any atom is -0.326 e. The third-order valence-electron chi connectivity index (χ3n) is 2.67. The third kappa shape index (κ3) is 1.50. The summed E-state index contributed by atoms with van der Waals surface area (Å²) in [6, 6.07) is 0.933. The van der Waals surface area contributed by atoms with Crippen molar-refractivity contribution in [3.05, 3.63) is 0 Å². The summed E-state index contributed by atoms with van der Waals surface area (Å²) in [5, 5.41) is 3.26. The first-order valence-electron chi connectivity index (χ1n) is 4.18. The standard InChI is InChI=1S/C8H18N2/c1-6-4-3-5-7(10-2)8(6)9/h6-8,10H,3-5,9H2,1-2H3. The lowest BCUT2D eigenvalue weighted by Crippen LogP contribution is -2.49. The number of nitrogens with two attached hydrogens (primary N) is 1. The second-order valence-electron chi connectivity index (χ2n) is 3.38. The molecule has 0 spiro atoms. The molecule has 1 aliphatic rings. The Bertz CT molecular complexity index is 103. The van der Waals surface area contributed by atoms with Crippen LogP contribution in [0.1, 0.15) is 26.2 Å². The largest absolute Gasteiger partial charge is 0.326 e. The van der Waals surface area contributed by atoms with Gasteiger partial charge in [-0.05, 0) is 25.8 Å². The average molecular weight is 142 g/mol. The summed E-state index contributed by atoms with van der Waals surface area (Å²) >= 11 is 0. The Morgan fingerprint density at radius 2 is 2.10 bits per heavy atom. The minimum atomic E-state index is 0.374. The molecule has 1 fully saturated rings. The van der Waals surface area contributed by atoms with Crippen molar-refractivity contribution in [2.45, 2.75) is 38.3 Å². The van der Waals surface area contributed by atoms with Crippen LogP contribution in [0.4, 0.5) is 0 Å². The fourth-order valence-electron chi connectivity index (χ4n) is 1.78. The van der Waals surface area contributed by atoms with Crippen molar-refractivity contribution < 1.29 is 0 Å². The first kappa shape index (κ1) is 8.02. The number of rotatable bonds is 1. The van der Waals surface area contributed by atoms with Gasteiger partial charge in [0.2, 0.25) is 0 Å². The van der Waals surface area contributed by atoms with E-state index in [9.17, 15) is 0 Å². The Morgan fingerprint density at radius 1 is 1.40 bits per heavy atom. The van der Waals surface area contributed by atoms with Gasteiger partial charge >= 0.3 is 0 Å². The van der Waals surface area contributed by atoms with Gasteiger partial charge in [-0.3, -0.25) is 0 Å². The van der Waals surface area contributed by atoms with Crippen LogP contribution in [0.15, 0.2) is 0 Å². The molecule has 0 aromatic carbocycles. The molecule has 60 valence electrons. The maximum Gasteiger partial charge on any atom is 0.0220 e. The highest BCUT2D eigenvalue weighted by molar-refractivity contribution is 4.86. The molecule has 0 heterocycles. The number of nitrogens with one attached hydrogen (secondary N) is 1. The molecule has 10 heavy (non-hydrogen) atoms. The molecule has 0 bridgehead atoms. The summed E-state index contributed by atoms with van der Waals surface area (Å²) in [6.45, 7) is 2.24. The van der Waals surface area contributed by atoms with E-state index >= 15 is 0 Å². The molecular formula is C8H18N2. The molecule has 3 N–H and O–H groups in total. The Balaban J connectivity index is 2.42. The summed E-state index contributed by atoms with van der Waals surface area (Å²) in [6.07, 6.45) is 3.89. The zero-order valence-electron chi connectivity index (χ0n) is 6.93.